The molecule has 2 rings (SSSR count). The molecule has 0 saturated carbocycles. The third kappa shape index (κ3) is 6.55. The minimum absolute atomic E-state index is 0.0227. The zero-order valence-corrected chi connectivity index (χ0v) is 17.3. The number of benzene rings is 1. The van der Waals surface area contributed by atoms with Crippen molar-refractivity contribution in [3.63, 3.8) is 0 Å². The van der Waals surface area contributed by atoms with Crippen molar-refractivity contribution in [3.05, 3.63) is 29.8 Å². The number of rotatable bonds is 6. The van der Waals surface area contributed by atoms with E-state index in [4.69, 9.17) is 4.74 Å². The summed E-state index contributed by atoms with van der Waals surface area (Å²) < 4.78 is 4.84. The van der Waals surface area contributed by atoms with Gasteiger partial charge in [-0.05, 0) is 36.5 Å². The molecule has 2 N–H and O–H groups in total. The van der Waals surface area contributed by atoms with Gasteiger partial charge in [-0.1, -0.05) is 26.0 Å². The number of carbonyl (C=O) groups is 2. The zero-order valence-electron chi connectivity index (χ0n) is 17.3. The van der Waals surface area contributed by atoms with Crippen LogP contribution in [-0.4, -0.2) is 50.0 Å². The molecule has 1 saturated heterocycles. The maximum absolute atomic E-state index is 12.0. The average Bonchev–Trinajstić information content (AvgIpc) is 2.68. The van der Waals surface area contributed by atoms with Gasteiger partial charge in [0, 0.05) is 38.8 Å². The first-order valence-electron chi connectivity index (χ1n) is 9.85. The minimum Gasteiger partial charge on any atom is -0.469 e. The Kier molecular flexibility index (Phi) is 8.29. The van der Waals surface area contributed by atoms with Crippen LogP contribution < -0.4 is 10.6 Å². The molecule has 1 heterocycles. The van der Waals surface area contributed by atoms with Crippen molar-refractivity contribution < 1.29 is 14.3 Å². The first-order chi connectivity index (χ1) is 13.4. The average molecular weight is 389 g/mol. The van der Waals surface area contributed by atoms with Gasteiger partial charge in [0.1, 0.15) is 0 Å². The van der Waals surface area contributed by atoms with E-state index in [1.165, 1.54) is 7.11 Å². The number of anilines is 1. The minimum atomic E-state index is -0.126. The molecule has 0 spiro atoms. The molecule has 0 aromatic heterocycles. The molecule has 1 aliphatic heterocycles. The van der Waals surface area contributed by atoms with E-state index in [1.807, 2.05) is 38.1 Å². The number of aliphatic imine (C=N–C) groups is 1. The van der Waals surface area contributed by atoms with E-state index in [2.05, 4.69) is 20.5 Å². The largest absolute Gasteiger partial charge is 0.469 e. The summed E-state index contributed by atoms with van der Waals surface area (Å²) in [6.45, 7) is 6.20. The number of guanidine groups is 1. The van der Waals surface area contributed by atoms with Gasteiger partial charge in [0.2, 0.25) is 5.91 Å². The summed E-state index contributed by atoms with van der Waals surface area (Å²) in [5.41, 5.74) is 1.87. The van der Waals surface area contributed by atoms with Crippen LogP contribution in [0.5, 0.6) is 0 Å². The number of carbonyl (C=O) groups excluding carboxylic acids is 2. The van der Waals surface area contributed by atoms with Crippen molar-refractivity contribution in [2.75, 3.05) is 32.6 Å². The van der Waals surface area contributed by atoms with Crippen LogP contribution in [0, 0.1) is 11.8 Å². The first-order valence-corrected chi connectivity index (χ1v) is 9.85. The molecule has 1 amide bonds. The lowest BCUT2D eigenvalue weighted by molar-refractivity contribution is -0.146. The van der Waals surface area contributed by atoms with E-state index >= 15 is 0 Å². The van der Waals surface area contributed by atoms with E-state index in [-0.39, 0.29) is 17.8 Å². The SMILES string of the molecule is CN=C(NCc1cccc(NC(=O)CC(C)C)c1)N1CCC(C(=O)OC)CC1. The van der Waals surface area contributed by atoms with E-state index in [0.717, 1.165) is 43.1 Å². The van der Waals surface area contributed by atoms with Crippen LogP contribution >= 0.6 is 0 Å². The number of amides is 1. The van der Waals surface area contributed by atoms with Gasteiger partial charge in [-0.2, -0.15) is 0 Å². The molecule has 0 unspecified atom stereocenters. The van der Waals surface area contributed by atoms with Crippen LogP contribution in [0.1, 0.15) is 38.7 Å². The third-order valence-electron chi connectivity index (χ3n) is 4.80. The number of esters is 1. The third-order valence-corrected chi connectivity index (χ3v) is 4.80. The highest BCUT2D eigenvalue weighted by Crippen LogP contribution is 2.19. The molecule has 1 aromatic rings. The van der Waals surface area contributed by atoms with Crippen LogP contribution in [0.15, 0.2) is 29.3 Å². The van der Waals surface area contributed by atoms with E-state index < -0.39 is 0 Å². The van der Waals surface area contributed by atoms with Gasteiger partial charge in [0.25, 0.3) is 0 Å². The Morgan fingerprint density at radius 2 is 2.00 bits per heavy atom. The molecule has 0 bridgehead atoms. The van der Waals surface area contributed by atoms with E-state index in [1.54, 1.807) is 7.05 Å². The van der Waals surface area contributed by atoms with Crippen LogP contribution in [0.4, 0.5) is 5.69 Å². The smallest absolute Gasteiger partial charge is 0.308 e. The maximum Gasteiger partial charge on any atom is 0.308 e. The Balaban J connectivity index is 1.87. The second-order valence-electron chi connectivity index (χ2n) is 7.53. The van der Waals surface area contributed by atoms with Crippen molar-refractivity contribution in [1.29, 1.82) is 0 Å². The van der Waals surface area contributed by atoms with Gasteiger partial charge in [-0.15, -0.1) is 0 Å². The first kappa shape index (κ1) is 21.7. The Morgan fingerprint density at radius 3 is 2.61 bits per heavy atom. The summed E-state index contributed by atoms with van der Waals surface area (Å²) in [7, 11) is 3.20. The van der Waals surface area contributed by atoms with Crippen LogP contribution in [-0.2, 0) is 20.9 Å². The molecule has 0 atom stereocenters. The number of piperidine rings is 1. The molecule has 1 aromatic carbocycles. The van der Waals surface area contributed by atoms with Crippen LogP contribution in [0.25, 0.3) is 0 Å². The number of nitrogens with zero attached hydrogens (tertiary/aromatic N) is 2. The number of likely N-dealkylation sites (tertiary alicyclic amines) is 1. The molecule has 1 aliphatic rings. The predicted octanol–water partition coefficient (Wildman–Crippen LogP) is 2.63. The fraction of sp³-hybridized carbons (Fsp3) is 0.571. The summed E-state index contributed by atoms with van der Waals surface area (Å²) in [6, 6.07) is 7.82. The molecule has 7 nitrogen and oxygen atoms in total. The Bertz CT molecular complexity index is 695. The summed E-state index contributed by atoms with van der Waals surface area (Å²) in [5.74, 6) is 1.03. The lowest BCUT2D eigenvalue weighted by Gasteiger charge is -2.33. The zero-order chi connectivity index (χ0) is 20.5. The second kappa shape index (κ2) is 10.7. The maximum atomic E-state index is 12.0. The molecule has 0 aliphatic carbocycles. The van der Waals surface area contributed by atoms with Crippen molar-refractivity contribution in [2.24, 2.45) is 16.8 Å². The molecular weight excluding hydrogens is 356 g/mol. The highest BCUT2D eigenvalue weighted by Gasteiger charge is 2.26. The summed E-state index contributed by atoms with van der Waals surface area (Å²) >= 11 is 0. The van der Waals surface area contributed by atoms with Crippen molar-refractivity contribution in [3.8, 4) is 0 Å². The number of ether oxygens (including phenoxy) is 1. The standard InChI is InChI=1S/C21H32N4O3/c1-15(2)12-19(26)24-18-7-5-6-16(13-18)14-23-21(22-3)25-10-8-17(9-11-25)20(27)28-4/h5-7,13,15,17H,8-12,14H2,1-4H3,(H,22,23)(H,24,26). The number of nitrogens with one attached hydrogen (secondary N) is 2. The summed E-state index contributed by atoms with van der Waals surface area (Å²) in [4.78, 5) is 30.2. The molecule has 1 fully saturated rings. The molecule has 7 heteroatoms. The van der Waals surface area contributed by atoms with E-state index in [0.29, 0.717) is 18.9 Å². The Morgan fingerprint density at radius 1 is 1.29 bits per heavy atom. The topological polar surface area (TPSA) is 83.0 Å². The fourth-order valence-electron chi connectivity index (χ4n) is 3.35. The van der Waals surface area contributed by atoms with Crippen molar-refractivity contribution >= 4 is 23.5 Å². The van der Waals surface area contributed by atoms with Gasteiger partial charge < -0.3 is 20.3 Å². The Labute approximate surface area is 167 Å². The van der Waals surface area contributed by atoms with Gasteiger partial charge in [-0.3, -0.25) is 14.6 Å². The number of methoxy groups -OCH3 is 1. The number of hydrogen-bond donors (Lipinski definition) is 2. The lowest BCUT2D eigenvalue weighted by Crippen LogP contribution is -2.46. The molecule has 28 heavy (non-hydrogen) atoms. The molecule has 154 valence electrons. The normalized spacial score (nSPS) is 15.5. The Hall–Kier alpha value is -2.57. The predicted molar refractivity (Wildman–Crippen MR) is 111 cm³/mol. The molecule has 0 radical (unpaired) electrons. The fourth-order valence-corrected chi connectivity index (χ4v) is 3.35. The van der Waals surface area contributed by atoms with E-state index in [9.17, 15) is 9.59 Å². The quantitative estimate of drug-likeness (QED) is 0.445. The van der Waals surface area contributed by atoms with Gasteiger partial charge in [0.05, 0.1) is 13.0 Å². The monoisotopic (exact) mass is 388 g/mol. The highest BCUT2D eigenvalue weighted by molar-refractivity contribution is 5.90. The molecular formula is C21H32N4O3. The lowest BCUT2D eigenvalue weighted by atomic mass is 9.97. The van der Waals surface area contributed by atoms with Crippen molar-refractivity contribution in [1.82, 2.24) is 10.2 Å². The number of hydrogen-bond acceptors (Lipinski definition) is 4. The second-order valence-corrected chi connectivity index (χ2v) is 7.53. The van der Waals surface area contributed by atoms with Gasteiger partial charge in [-0.25, -0.2) is 0 Å². The van der Waals surface area contributed by atoms with Gasteiger partial charge >= 0.3 is 5.97 Å². The highest BCUT2D eigenvalue weighted by atomic mass is 16.5. The van der Waals surface area contributed by atoms with Crippen molar-refractivity contribution in [2.45, 2.75) is 39.7 Å². The summed E-state index contributed by atoms with van der Waals surface area (Å²) in [5, 5.41) is 6.32. The van der Waals surface area contributed by atoms with Gasteiger partial charge in [0.15, 0.2) is 5.96 Å². The van der Waals surface area contributed by atoms with Crippen LogP contribution in [0.3, 0.4) is 0 Å². The van der Waals surface area contributed by atoms with Crippen LogP contribution in [0.2, 0.25) is 0 Å². The summed E-state index contributed by atoms with van der Waals surface area (Å²) in [6.07, 6.45) is 2.05.